The quantitative estimate of drug-likeness (QED) is 0.577. The smallest absolute Gasteiger partial charge is 0.191 e. The summed E-state index contributed by atoms with van der Waals surface area (Å²) < 4.78 is 5.80. The van der Waals surface area contributed by atoms with Crippen LogP contribution in [-0.4, -0.2) is 19.6 Å². The van der Waals surface area contributed by atoms with E-state index in [1.165, 1.54) is 16.7 Å². The standard InChI is InChI=1S/C20H27N3O/c1-3-12-22-20(21-2)23-14-18-10-7-11-19(13-18)16-24-15-17-8-5-4-6-9-17/h4-11,13H,3,12,14-16H2,1-2H3,(H2,21,22,23). The Morgan fingerprint density at radius 3 is 2.38 bits per heavy atom. The molecule has 0 atom stereocenters. The number of aliphatic imine (C=N–C) groups is 1. The first kappa shape index (κ1) is 18.0. The van der Waals surface area contributed by atoms with Gasteiger partial charge in [-0.15, -0.1) is 0 Å². The van der Waals surface area contributed by atoms with Crippen LogP contribution in [0.15, 0.2) is 59.6 Å². The highest BCUT2D eigenvalue weighted by atomic mass is 16.5. The molecule has 0 bridgehead atoms. The molecule has 4 heteroatoms. The van der Waals surface area contributed by atoms with E-state index in [9.17, 15) is 0 Å². The summed E-state index contributed by atoms with van der Waals surface area (Å²) in [6.07, 6.45) is 1.08. The Hall–Kier alpha value is -2.33. The first-order valence-electron chi connectivity index (χ1n) is 8.46. The second kappa shape index (κ2) is 10.4. The van der Waals surface area contributed by atoms with Crippen molar-refractivity contribution in [3.05, 3.63) is 71.3 Å². The number of hydrogen-bond donors (Lipinski definition) is 2. The molecular weight excluding hydrogens is 298 g/mol. The summed E-state index contributed by atoms with van der Waals surface area (Å²) in [5, 5.41) is 6.60. The van der Waals surface area contributed by atoms with Gasteiger partial charge in [-0.25, -0.2) is 0 Å². The summed E-state index contributed by atoms with van der Waals surface area (Å²) in [7, 11) is 1.79. The van der Waals surface area contributed by atoms with E-state index in [4.69, 9.17) is 4.74 Å². The maximum absolute atomic E-state index is 5.80. The maximum atomic E-state index is 5.80. The predicted molar refractivity (Wildman–Crippen MR) is 99.9 cm³/mol. The van der Waals surface area contributed by atoms with Gasteiger partial charge in [0.25, 0.3) is 0 Å². The van der Waals surface area contributed by atoms with Crippen molar-refractivity contribution in [2.75, 3.05) is 13.6 Å². The van der Waals surface area contributed by atoms with Gasteiger partial charge in [-0.2, -0.15) is 0 Å². The second-order valence-electron chi connectivity index (χ2n) is 5.65. The molecule has 24 heavy (non-hydrogen) atoms. The van der Waals surface area contributed by atoms with Gasteiger partial charge >= 0.3 is 0 Å². The molecule has 0 aliphatic carbocycles. The normalized spacial score (nSPS) is 11.3. The van der Waals surface area contributed by atoms with Crippen LogP contribution in [0.2, 0.25) is 0 Å². The fourth-order valence-electron chi connectivity index (χ4n) is 2.34. The monoisotopic (exact) mass is 325 g/mol. The van der Waals surface area contributed by atoms with Gasteiger partial charge in [0.1, 0.15) is 0 Å². The maximum Gasteiger partial charge on any atom is 0.191 e. The second-order valence-corrected chi connectivity index (χ2v) is 5.65. The third-order valence-corrected chi connectivity index (χ3v) is 3.60. The lowest BCUT2D eigenvalue weighted by Gasteiger charge is -2.12. The van der Waals surface area contributed by atoms with E-state index in [2.05, 4.69) is 58.9 Å². The topological polar surface area (TPSA) is 45.7 Å². The molecule has 2 N–H and O–H groups in total. The number of nitrogens with one attached hydrogen (secondary N) is 2. The largest absolute Gasteiger partial charge is 0.372 e. The number of nitrogens with zero attached hydrogens (tertiary/aromatic N) is 1. The van der Waals surface area contributed by atoms with Crippen molar-refractivity contribution in [3.63, 3.8) is 0 Å². The molecule has 0 aliphatic rings. The van der Waals surface area contributed by atoms with Crippen molar-refractivity contribution in [2.45, 2.75) is 33.1 Å². The SMILES string of the molecule is CCCNC(=NC)NCc1cccc(COCc2ccccc2)c1. The molecular formula is C20H27N3O. The predicted octanol–water partition coefficient (Wildman–Crippen LogP) is 3.48. The Morgan fingerprint density at radius 1 is 0.917 bits per heavy atom. The van der Waals surface area contributed by atoms with E-state index in [0.29, 0.717) is 13.2 Å². The fraction of sp³-hybridized carbons (Fsp3) is 0.350. The highest BCUT2D eigenvalue weighted by molar-refractivity contribution is 5.79. The average Bonchev–Trinajstić information content (AvgIpc) is 2.63. The molecule has 128 valence electrons. The molecule has 0 saturated carbocycles. The van der Waals surface area contributed by atoms with Crippen LogP contribution in [0.3, 0.4) is 0 Å². The summed E-state index contributed by atoms with van der Waals surface area (Å²) in [4.78, 5) is 4.22. The Bertz CT molecular complexity index is 626. The van der Waals surface area contributed by atoms with Gasteiger partial charge < -0.3 is 15.4 Å². The molecule has 0 radical (unpaired) electrons. The minimum absolute atomic E-state index is 0.617. The van der Waals surface area contributed by atoms with E-state index in [-0.39, 0.29) is 0 Å². The zero-order valence-corrected chi connectivity index (χ0v) is 14.6. The lowest BCUT2D eigenvalue weighted by Crippen LogP contribution is -2.37. The number of ether oxygens (including phenoxy) is 1. The molecule has 0 saturated heterocycles. The third kappa shape index (κ3) is 6.42. The lowest BCUT2D eigenvalue weighted by atomic mass is 10.1. The van der Waals surface area contributed by atoms with Crippen molar-refractivity contribution >= 4 is 5.96 Å². The molecule has 4 nitrogen and oxygen atoms in total. The molecule has 2 aromatic carbocycles. The van der Waals surface area contributed by atoms with Crippen LogP contribution in [0.25, 0.3) is 0 Å². The summed E-state index contributed by atoms with van der Waals surface area (Å²) in [6, 6.07) is 18.7. The van der Waals surface area contributed by atoms with Crippen LogP contribution in [0.4, 0.5) is 0 Å². The highest BCUT2D eigenvalue weighted by Gasteiger charge is 2.00. The van der Waals surface area contributed by atoms with Crippen molar-refractivity contribution < 1.29 is 4.74 Å². The Kier molecular flexibility index (Phi) is 7.84. The summed E-state index contributed by atoms with van der Waals surface area (Å²) in [5.41, 5.74) is 3.60. The minimum atomic E-state index is 0.617. The summed E-state index contributed by atoms with van der Waals surface area (Å²) in [5.74, 6) is 0.836. The van der Waals surface area contributed by atoms with Crippen molar-refractivity contribution in [1.82, 2.24) is 10.6 Å². The van der Waals surface area contributed by atoms with Gasteiger partial charge in [-0.1, -0.05) is 61.5 Å². The van der Waals surface area contributed by atoms with E-state index in [0.717, 1.165) is 25.5 Å². The number of guanidine groups is 1. The van der Waals surface area contributed by atoms with Gasteiger partial charge in [-0.3, -0.25) is 4.99 Å². The van der Waals surface area contributed by atoms with Crippen LogP contribution in [0, 0.1) is 0 Å². The molecule has 2 aromatic rings. The summed E-state index contributed by atoms with van der Waals surface area (Å²) >= 11 is 0. The average molecular weight is 325 g/mol. The summed E-state index contributed by atoms with van der Waals surface area (Å²) in [6.45, 7) is 5.06. The van der Waals surface area contributed by atoms with Crippen molar-refractivity contribution in [1.29, 1.82) is 0 Å². The van der Waals surface area contributed by atoms with Crippen LogP contribution in [-0.2, 0) is 24.5 Å². The van der Waals surface area contributed by atoms with Crippen LogP contribution < -0.4 is 10.6 Å². The zero-order valence-electron chi connectivity index (χ0n) is 14.6. The minimum Gasteiger partial charge on any atom is -0.372 e. The Morgan fingerprint density at radius 2 is 1.62 bits per heavy atom. The van der Waals surface area contributed by atoms with E-state index >= 15 is 0 Å². The van der Waals surface area contributed by atoms with E-state index < -0.39 is 0 Å². The number of benzene rings is 2. The molecule has 2 rings (SSSR count). The molecule has 0 unspecified atom stereocenters. The van der Waals surface area contributed by atoms with Crippen LogP contribution in [0.5, 0.6) is 0 Å². The van der Waals surface area contributed by atoms with Gasteiger partial charge in [0, 0.05) is 20.1 Å². The van der Waals surface area contributed by atoms with Crippen LogP contribution in [0.1, 0.15) is 30.0 Å². The third-order valence-electron chi connectivity index (χ3n) is 3.60. The molecule has 0 fully saturated rings. The molecule has 0 spiro atoms. The first-order chi connectivity index (χ1) is 11.8. The highest BCUT2D eigenvalue weighted by Crippen LogP contribution is 2.09. The fourth-order valence-corrected chi connectivity index (χ4v) is 2.34. The van der Waals surface area contributed by atoms with Crippen molar-refractivity contribution in [2.24, 2.45) is 4.99 Å². The molecule has 0 heterocycles. The lowest BCUT2D eigenvalue weighted by molar-refractivity contribution is 0.107. The van der Waals surface area contributed by atoms with E-state index in [1.807, 2.05) is 18.2 Å². The van der Waals surface area contributed by atoms with Gasteiger partial charge in [-0.05, 0) is 23.1 Å². The van der Waals surface area contributed by atoms with Crippen molar-refractivity contribution in [3.8, 4) is 0 Å². The van der Waals surface area contributed by atoms with Crippen LogP contribution >= 0.6 is 0 Å². The Balaban J connectivity index is 1.80. The molecule has 0 amide bonds. The zero-order chi connectivity index (χ0) is 17.0. The van der Waals surface area contributed by atoms with Gasteiger partial charge in [0.2, 0.25) is 0 Å². The molecule has 0 aliphatic heterocycles. The molecule has 0 aromatic heterocycles. The van der Waals surface area contributed by atoms with E-state index in [1.54, 1.807) is 7.05 Å². The Labute approximate surface area is 145 Å². The number of rotatable bonds is 8. The van der Waals surface area contributed by atoms with Gasteiger partial charge in [0.15, 0.2) is 5.96 Å². The van der Waals surface area contributed by atoms with Gasteiger partial charge in [0.05, 0.1) is 13.2 Å². The first-order valence-corrected chi connectivity index (χ1v) is 8.46. The number of hydrogen-bond acceptors (Lipinski definition) is 2.